The van der Waals surface area contributed by atoms with Crippen molar-refractivity contribution in [2.75, 3.05) is 33.4 Å². The molecule has 2 rings (SSSR count). The van der Waals surface area contributed by atoms with Gasteiger partial charge in [-0.2, -0.15) is 0 Å². The molecule has 106 valence electrons. The fourth-order valence-electron chi connectivity index (χ4n) is 2.72. The maximum atomic E-state index is 13.6. The Kier molecular flexibility index (Phi) is 5.31. The van der Waals surface area contributed by atoms with Crippen LogP contribution in [0.3, 0.4) is 0 Å². The highest BCUT2D eigenvalue weighted by molar-refractivity contribution is 5.21. The van der Waals surface area contributed by atoms with Gasteiger partial charge in [-0.25, -0.2) is 4.39 Å². The quantitative estimate of drug-likeness (QED) is 0.888. The molecule has 0 radical (unpaired) electrons. The molecule has 1 saturated heterocycles. The van der Waals surface area contributed by atoms with Crippen molar-refractivity contribution in [2.24, 2.45) is 11.7 Å². The molecule has 1 aliphatic heterocycles. The number of nitrogens with zero attached hydrogens (tertiary/aromatic N) is 1. The molecule has 1 atom stereocenters. The first kappa shape index (κ1) is 14.4. The van der Waals surface area contributed by atoms with E-state index >= 15 is 0 Å². The summed E-state index contributed by atoms with van der Waals surface area (Å²) >= 11 is 0. The molecule has 19 heavy (non-hydrogen) atoms. The summed E-state index contributed by atoms with van der Waals surface area (Å²) in [5, 5.41) is 0. The zero-order valence-electron chi connectivity index (χ0n) is 11.5. The van der Waals surface area contributed by atoms with Crippen LogP contribution in [0.1, 0.15) is 24.4 Å². The van der Waals surface area contributed by atoms with E-state index in [1.165, 1.54) is 6.07 Å². The van der Waals surface area contributed by atoms with Gasteiger partial charge in [0.15, 0.2) is 0 Å². The van der Waals surface area contributed by atoms with Gasteiger partial charge in [-0.15, -0.1) is 0 Å². The number of halogens is 1. The van der Waals surface area contributed by atoms with Crippen molar-refractivity contribution in [3.05, 3.63) is 35.6 Å². The second-order valence-electron chi connectivity index (χ2n) is 5.33. The van der Waals surface area contributed by atoms with E-state index < -0.39 is 0 Å². The summed E-state index contributed by atoms with van der Waals surface area (Å²) < 4.78 is 18.8. The predicted molar refractivity (Wildman–Crippen MR) is 74.4 cm³/mol. The molecule has 0 aromatic heterocycles. The number of methoxy groups -OCH3 is 1. The summed E-state index contributed by atoms with van der Waals surface area (Å²) in [6.07, 6.45) is 2.27. The van der Waals surface area contributed by atoms with Crippen LogP contribution in [-0.4, -0.2) is 38.3 Å². The van der Waals surface area contributed by atoms with Gasteiger partial charge in [0.2, 0.25) is 0 Å². The standard InChI is InChI=1S/C15H23FN2O/c1-19-11-12-6-8-18(9-7-12)10-15(17)13-4-2-3-5-14(13)16/h2-5,12,15H,6-11,17H2,1H3. The molecular weight excluding hydrogens is 243 g/mol. The molecule has 1 aromatic carbocycles. The Morgan fingerprint density at radius 1 is 1.37 bits per heavy atom. The molecule has 2 N–H and O–H groups in total. The van der Waals surface area contributed by atoms with Crippen LogP contribution in [0.25, 0.3) is 0 Å². The van der Waals surface area contributed by atoms with Gasteiger partial charge >= 0.3 is 0 Å². The van der Waals surface area contributed by atoms with Crippen LogP contribution < -0.4 is 5.73 Å². The van der Waals surface area contributed by atoms with Crippen LogP contribution in [0.15, 0.2) is 24.3 Å². The Labute approximate surface area is 114 Å². The molecule has 1 unspecified atom stereocenters. The number of hydrogen-bond acceptors (Lipinski definition) is 3. The Morgan fingerprint density at radius 2 is 2.05 bits per heavy atom. The minimum Gasteiger partial charge on any atom is -0.384 e. The lowest BCUT2D eigenvalue weighted by atomic mass is 9.97. The summed E-state index contributed by atoms with van der Waals surface area (Å²) in [7, 11) is 1.75. The van der Waals surface area contributed by atoms with E-state index in [1.54, 1.807) is 19.2 Å². The highest BCUT2D eigenvalue weighted by atomic mass is 19.1. The average Bonchev–Trinajstić information content (AvgIpc) is 2.42. The zero-order chi connectivity index (χ0) is 13.7. The molecule has 0 amide bonds. The number of benzene rings is 1. The van der Waals surface area contributed by atoms with E-state index in [9.17, 15) is 4.39 Å². The van der Waals surface area contributed by atoms with Crippen LogP contribution in [0.5, 0.6) is 0 Å². The van der Waals surface area contributed by atoms with Crippen LogP contribution >= 0.6 is 0 Å². The molecule has 1 fully saturated rings. The van der Waals surface area contributed by atoms with Gasteiger partial charge in [0.25, 0.3) is 0 Å². The van der Waals surface area contributed by atoms with E-state index in [-0.39, 0.29) is 11.9 Å². The molecule has 0 bridgehead atoms. The molecule has 1 heterocycles. The van der Waals surface area contributed by atoms with Crippen LogP contribution in [0, 0.1) is 11.7 Å². The van der Waals surface area contributed by atoms with Gasteiger partial charge in [-0.1, -0.05) is 18.2 Å². The molecule has 0 aliphatic carbocycles. The predicted octanol–water partition coefficient (Wildman–Crippen LogP) is 2.18. The van der Waals surface area contributed by atoms with Gasteiger partial charge in [-0.05, 0) is 37.9 Å². The van der Waals surface area contributed by atoms with Gasteiger partial charge in [0, 0.05) is 31.9 Å². The number of likely N-dealkylation sites (tertiary alicyclic amines) is 1. The van der Waals surface area contributed by atoms with Gasteiger partial charge in [0.05, 0.1) is 0 Å². The summed E-state index contributed by atoms with van der Waals surface area (Å²) in [6, 6.07) is 6.53. The van der Waals surface area contributed by atoms with Crippen molar-refractivity contribution in [3.8, 4) is 0 Å². The zero-order valence-corrected chi connectivity index (χ0v) is 11.5. The van der Waals surface area contributed by atoms with Gasteiger partial charge < -0.3 is 15.4 Å². The maximum Gasteiger partial charge on any atom is 0.128 e. The lowest BCUT2D eigenvalue weighted by Gasteiger charge is -2.33. The average molecular weight is 266 g/mol. The van der Waals surface area contributed by atoms with E-state index in [0.717, 1.165) is 39.1 Å². The topological polar surface area (TPSA) is 38.5 Å². The molecule has 1 aliphatic rings. The molecule has 0 saturated carbocycles. The number of piperidine rings is 1. The molecular formula is C15H23FN2O. The van der Waals surface area contributed by atoms with Gasteiger partial charge in [-0.3, -0.25) is 0 Å². The third-order valence-electron chi connectivity index (χ3n) is 3.87. The van der Waals surface area contributed by atoms with Crippen LogP contribution in [-0.2, 0) is 4.74 Å². The highest BCUT2D eigenvalue weighted by Gasteiger charge is 2.21. The fraction of sp³-hybridized carbons (Fsp3) is 0.600. The second kappa shape index (κ2) is 6.98. The fourth-order valence-corrected chi connectivity index (χ4v) is 2.72. The number of hydrogen-bond donors (Lipinski definition) is 1. The van der Waals surface area contributed by atoms with Crippen LogP contribution in [0.4, 0.5) is 4.39 Å². The normalized spacial score (nSPS) is 19.5. The van der Waals surface area contributed by atoms with Crippen molar-refractivity contribution in [1.29, 1.82) is 0 Å². The van der Waals surface area contributed by atoms with E-state index in [4.69, 9.17) is 10.5 Å². The Bertz CT molecular complexity index is 391. The summed E-state index contributed by atoms with van der Waals surface area (Å²) in [5.74, 6) is 0.454. The van der Waals surface area contributed by atoms with Crippen molar-refractivity contribution >= 4 is 0 Å². The first-order valence-electron chi connectivity index (χ1n) is 6.92. The lowest BCUT2D eigenvalue weighted by Crippen LogP contribution is -2.39. The highest BCUT2D eigenvalue weighted by Crippen LogP contribution is 2.21. The number of ether oxygens (including phenoxy) is 1. The SMILES string of the molecule is COCC1CCN(CC(N)c2ccccc2F)CC1. The van der Waals surface area contributed by atoms with E-state index in [0.29, 0.717) is 11.5 Å². The Morgan fingerprint density at radius 3 is 2.68 bits per heavy atom. The third-order valence-corrected chi connectivity index (χ3v) is 3.87. The monoisotopic (exact) mass is 266 g/mol. The molecule has 3 nitrogen and oxygen atoms in total. The van der Waals surface area contributed by atoms with Crippen molar-refractivity contribution in [3.63, 3.8) is 0 Å². The first-order chi connectivity index (χ1) is 9.20. The smallest absolute Gasteiger partial charge is 0.128 e. The van der Waals surface area contributed by atoms with Gasteiger partial charge in [0.1, 0.15) is 5.82 Å². The molecule has 4 heteroatoms. The number of nitrogens with two attached hydrogens (primary N) is 1. The lowest BCUT2D eigenvalue weighted by molar-refractivity contribution is 0.0969. The summed E-state index contributed by atoms with van der Waals surface area (Å²) in [4.78, 5) is 2.32. The van der Waals surface area contributed by atoms with E-state index in [1.807, 2.05) is 6.07 Å². The summed E-state index contributed by atoms with van der Waals surface area (Å²) in [5.41, 5.74) is 6.73. The second-order valence-corrected chi connectivity index (χ2v) is 5.33. The minimum atomic E-state index is -0.250. The van der Waals surface area contributed by atoms with E-state index in [2.05, 4.69) is 4.90 Å². The summed E-state index contributed by atoms with van der Waals surface area (Å²) in [6.45, 7) is 3.61. The van der Waals surface area contributed by atoms with Crippen molar-refractivity contribution in [2.45, 2.75) is 18.9 Å². The Hall–Kier alpha value is -0.970. The number of rotatable bonds is 5. The van der Waals surface area contributed by atoms with Crippen molar-refractivity contribution in [1.82, 2.24) is 4.90 Å². The first-order valence-corrected chi connectivity index (χ1v) is 6.92. The third kappa shape index (κ3) is 4.00. The minimum absolute atomic E-state index is 0.204. The Balaban J connectivity index is 1.84. The molecule has 0 spiro atoms. The maximum absolute atomic E-state index is 13.6. The largest absolute Gasteiger partial charge is 0.384 e. The molecule has 1 aromatic rings. The van der Waals surface area contributed by atoms with Crippen LogP contribution in [0.2, 0.25) is 0 Å². The van der Waals surface area contributed by atoms with Crippen molar-refractivity contribution < 1.29 is 9.13 Å².